The molecule has 1 atom stereocenters. The van der Waals surface area contributed by atoms with Gasteiger partial charge in [0.2, 0.25) is 5.91 Å². The lowest BCUT2D eigenvalue weighted by Gasteiger charge is -2.18. The van der Waals surface area contributed by atoms with Crippen molar-refractivity contribution in [2.45, 2.75) is 60.3 Å². The molecular weight excluding hydrogens is 316 g/mol. The minimum atomic E-state index is -0.484. The van der Waals surface area contributed by atoms with Crippen LogP contribution in [0.2, 0.25) is 0 Å². The molecule has 1 unspecified atom stereocenters. The van der Waals surface area contributed by atoms with Crippen LogP contribution < -0.4 is 15.4 Å². The van der Waals surface area contributed by atoms with Crippen LogP contribution >= 0.6 is 0 Å². The van der Waals surface area contributed by atoms with E-state index >= 15 is 0 Å². The van der Waals surface area contributed by atoms with E-state index in [9.17, 15) is 9.59 Å². The molecule has 5 nitrogen and oxygen atoms in total. The number of rotatable bonds is 8. The van der Waals surface area contributed by atoms with Gasteiger partial charge in [-0.3, -0.25) is 4.79 Å². The maximum absolute atomic E-state index is 12.0. The number of benzene rings is 1. The molecule has 1 aromatic rings. The van der Waals surface area contributed by atoms with Gasteiger partial charge in [0.25, 0.3) is 0 Å². The minimum absolute atomic E-state index is 0.0872. The highest BCUT2D eigenvalue weighted by atomic mass is 16.6. The molecule has 0 aromatic heterocycles. The molecule has 0 aliphatic heterocycles. The van der Waals surface area contributed by atoms with Gasteiger partial charge in [0, 0.05) is 23.7 Å². The highest BCUT2D eigenvalue weighted by molar-refractivity contribution is 5.94. The topological polar surface area (TPSA) is 67.4 Å². The molecule has 0 fully saturated rings. The van der Waals surface area contributed by atoms with E-state index in [1.54, 1.807) is 24.3 Å². The molecule has 0 saturated carbocycles. The van der Waals surface area contributed by atoms with Gasteiger partial charge in [-0.25, -0.2) is 4.79 Å². The first-order valence-electron chi connectivity index (χ1n) is 9.13. The van der Waals surface area contributed by atoms with Crippen molar-refractivity contribution in [2.24, 2.45) is 11.3 Å². The normalized spacial score (nSPS) is 12.4. The lowest BCUT2D eigenvalue weighted by molar-refractivity contribution is -0.123. The third kappa shape index (κ3) is 8.05. The molecule has 0 radical (unpaired) electrons. The predicted octanol–water partition coefficient (Wildman–Crippen LogP) is 4.98. The van der Waals surface area contributed by atoms with Crippen molar-refractivity contribution in [3.8, 4) is 5.75 Å². The zero-order chi connectivity index (χ0) is 18.9. The van der Waals surface area contributed by atoms with E-state index in [4.69, 9.17) is 4.74 Å². The Bertz CT molecular complexity index is 564. The maximum atomic E-state index is 12.0. The Kier molecular flexibility index (Phi) is 8.46. The summed E-state index contributed by atoms with van der Waals surface area (Å²) < 4.78 is 5.32. The minimum Gasteiger partial charge on any atom is -0.410 e. The fourth-order valence-electron chi connectivity index (χ4n) is 2.27. The number of carbonyl (C=O) groups is 2. The van der Waals surface area contributed by atoms with Crippen LogP contribution in [-0.4, -0.2) is 18.5 Å². The van der Waals surface area contributed by atoms with E-state index in [1.807, 2.05) is 20.8 Å². The molecule has 0 bridgehead atoms. The van der Waals surface area contributed by atoms with Crippen LogP contribution in [0.5, 0.6) is 5.75 Å². The van der Waals surface area contributed by atoms with Gasteiger partial charge in [-0.05, 0) is 24.5 Å². The summed E-state index contributed by atoms with van der Waals surface area (Å²) in [4.78, 5) is 24.0. The summed E-state index contributed by atoms with van der Waals surface area (Å²) >= 11 is 0. The van der Waals surface area contributed by atoms with Crippen molar-refractivity contribution in [2.75, 3.05) is 11.9 Å². The van der Waals surface area contributed by atoms with Crippen molar-refractivity contribution in [3.63, 3.8) is 0 Å². The summed E-state index contributed by atoms with van der Waals surface area (Å²) in [5.41, 5.74) is 0.127. The number of unbranched alkanes of at least 4 members (excludes halogenated alkanes) is 1. The Labute approximate surface area is 151 Å². The van der Waals surface area contributed by atoms with E-state index in [2.05, 4.69) is 24.5 Å². The van der Waals surface area contributed by atoms with Crippen molar-refractivity contribution in [3.05, 3.63) is 24.3 Å². The van der Waals surface area contributed by atoms with Crippen LogP contribution in [0, 0.1) is 11.3 Å². The smallest absolute Gasteiger partial charge is 0.410 e. The number of amides is 2. The quantitative estimate of drug-likeness (QED) is 0.696. The summed E-state index contributed by atoms with van der Waals surface area (Å²) in [5.74, 6) is 0.798. The van der Waals surface area contributed by atoms with E-state index in [-0.39, 0.29) is 5.91 Å². The van der Waals surface area contributed by atoms with Crippen molar-refractivity contribution >= 4 is 17.7 Å². The Morgan fingerprint density at radius 1 is 1.20 bits per heavy atom. The second kappa shape index (κ2) is 10.1. The highest BCUT2D eigenvalue weighted by Crippen LogP contribution is 2.21. The first kappa shape index (κ1) is 21.0. The molecule has 25 heavy (non-hydrogen) atoms. The van der Waals surface area contributed by atoms with Crippen LogP contribution in [0.15, 0.2) is 24.3 Å². The summed E-state index contributed by atoms with van der Waals surface area (Å²) in [6.45, 7) is 10.5. The van der Waals surface area contributed by atoms with Gasteiger partial charge in [-0.2, -0.15) is 0 Å². The van der Waals surface area contributed by atoms with E-state index < -0.39 is 11.5 Å². The second-order valence-corrected chi connectivity index (χ2v) is 7.42. The van der Waals surface area contributed by atoms with Crippen molar-refractivity contribution < 1.29 is 14.3 Å². The number of carbonyl (C=O) groups excluding carboxylic acids is 2. The van der Waals surface area contributed by atoms with Crippen LogP contribution in [0.3, 0.4) is 0 Å². The van der Waals surface area contributed by atoms with Crippen LogP contribution in [0.4, 0.5) is 10.5 Å². The number of hydrogen-bond acceptors (Lipinski definition) is 3. The van der Waals surface area contributed by atoms with E-state index in [0.29, 0.717) is 23.9 Å². The largest absolute Gasteiger partial charge is 0.412 e. The van der Waals surface area contributed by atoms with Crippen LogP contribution in [-0.2, 0) is 4.79 Å². The van der Waals surface area contributed by atoms with Gasteiger partial charge in [-0.1, -0.05) is 59.9 Å². The molecule has 0 saturated heterocycles. The van der Waals surface area contributed by atoms with Crippen LogP contribution in [0.25, 0.3) is 0 Å². The molecule has 0 aliphatic carbocycles. The third-order valence-electron chi connectivity index (χ3n) is 4.06. The molecule has 140 valence electrons. The average molecular weight is 348 g/mol. The average Bonchev–Trinajstić information content (AvgIpc) is 2.54. The second-order valence-electron chi connectivity index (χ2n) is 7.42. The molecule has 2 N–H and O–H groups in total. The van der Waals surface area contributed by atoms with E-state index in [1.165, 1.54) is 6.42 Å². The number of hydrogen-bond donors (Lipinski definition) is 2. The van der Waals surface area contributed by atoms with Gasteiger partial charge < -0.3 is 15.4 Å². The Morgan fingerprint density at radius 3 is 2.52 bits per heavy atom. The Morgan fingerprint density at radius 2 is 1.92 bits per heavy atom. The zero-order valence-electron chi connectivity index (χ0n) is 16.1. The zero-order valence-corrected chi connectivity index (χ0v) is 16.1. The third-order valence-corrected chi connectivity index (χ3v) is 4.06. The first-order valence-corrected chi connectivity index (χ1v) is 9.13. The summed E-state index contributed by atoms with van der Waals surface area (Å²) in [7, 11) is 0. The van der Waals surface area contributed by atoms with Crippen LogP contribution in [0.1, 0.15) is 60.3 Å². The highest BCUT2D eigenvalue weighted by Gasteiger charge is 2.21. The first-order chi connectivity index (χ1) is 11.8. The SMILES string of the molecule is CCCCC(CC)CNC(=O)Oc1cccc(NC(=O)C(C)(C)C)c1. The standard InChI is InChI=1S/C20H32N2O3/c1-6-8-10-15(7-2)14-21-19(24)25-17-12-9-11-16(13-17)22-18(23)20(3,4)5/h9,11-13,15H,6-8,10,14H2,1-5H3,(H,21,24)(H,22,23). The molecule has 0 aliphatic rings. The van der Waals surface area contributed by atoms with Gasteiger partial charge in [0.15, 0.2) is 0 Å². The van der Waals surface area contributed by atoms with Gasteiger partial charge in [0.1, 0.15) is 5.75 Å². The predicted molar refractivity (Wildman–Crippen MR) is 102 cm³/mol. The molecule has 0 heterocycles. The summed E-state index contributed by atoms with van der Waals surface area (Å²) in [6.07, 6.45) is 4.02. The van der Waals surface area contributed by atoms with Gasteiger partial charge in [0.05, 0.1) is 0 Å². The van der Waals surface area contributed by atoms with E-state index in [0.717, 1.165) is 19.3 Å². The lowest BCUT2D eigenvalue weighted by Crippen LogP contribution is -2.31. The molecule has 1 rings (SSSR count). The lowest BCUT2D eigenvalue weighted by atomic mass is 9.95. The molecule has 1 aromatic carbocycles. The van der Waals surface area contributed by atoms with Gasteiger partial charge in [-0.15, -0.1) is 0 Å². The maximum Gasteiger partial charge on any atom is 0.412 e. The molecular formula is C20H32N2O3. The number of ether oxygens (including phenoxy) is 1. The molecule has 0 spiro atoms. The summed E-state index contributed by atoms with van der Waals surface area (Å²) in [5, 5.41) is 5.65. The number of nitrogens with one attached hydrogen (secondary N) is 2. The molecule has 2 amide bonds. The summed E-state index contributed by atoms with van der Waals surface area (Å²) in [6, 6.07) is 6.86. The van der Waals surface area contributed by atoms with Crippen molar-refractivity contribution in [1.29, 1.82) is 0 Å². The Hall–Kier alpha value is -2.04. The van der Waals surface area contributed by atoms with Gasteiger partial charge >= 0.3 is 6.09 Å². The monoisotopic (exact) mass is 348 g/mol. The fourth-order valence-corrected chi connectivity index (χ4v) is 2.27. The van der Waals surface area contributed by atoms with Crippen molar-refractivity contribution in [1.82, 2.24) is 5.32 Å². The Balaban J connectivity index is 2.55. The fraction of sp³-hybridized carbons (Fsp3) is 0.600. The molecule has 5 heteroatoms. The number of anilines is 1.